The third kappa shape index (κ3) is 4.58. The molecule has 0 saturated carbocycles. The summed E-state index contributed by atoms with van der Waals surface area (Å²) in [5, 5.41) is 14.6. The number of nitrogens with zero attached hydrogens (tertiary/aromatic N) is 3. The lowest BCUT2D eigenvalue weighted by Gasteiger charge is -2.44. The molecule has 2 amide bonds. The average molecular weight is 553 g/mol. The molecule has 10 nitrogen and oxygen atoms in total. The van der Waals surface area contributed by atoms with Crippen molar-refractivity contribution in [1.29, 1.82) is 0 Å². The van der Waals surface area contributed by atoms with Gasteiger partial charge in [0.15, 0.2) is 6.35 Å². The number of likely N-dealkylation sites (tertiary alicyclic amines) is 1. The van der Waals surface area contributed by atoms with Crippen LogP contribution in [0.5, 0.6) is 23.0 Å². The molecule has 2 fully saturated rings. The van der Waals surface area contributed by atoms with Gasteiger partial charge in [-0.25, -0.2) is 9.69 Å². The van der Waals surface area contributed by atoms with E-state index in [0.717, 1.165) is 28.3 Å². The van der Waals surface area contributed by atoms with E-state index >= 15 is 0 Å². The Labute approximate surface area is 236 Å². The Morgan fingerprint density at radius 2 is 1.70 bits per heavy atom. The van der Waals surface area contributed by atoms with E-state index < -0.39 is 6.35 Å². The van der Waals surface area contributed by atoms with Crippen molar-refractivity contribution in [2.24, 2.45) is 0 Å². The maximum atomic E-state index is 13.3. The largest absolute Gasteiger partial charge is 0.497 e. The van der Waals surface area contributed by atoms with E-state index in [-0.39, 0.29) is 17.5 Å². The molecule has 5 rings (SSSR count). The van der Waals surface area contributed by atoms with Gasteiger partial charge in [0.1, 0.15) is 23.0 Å². The molecular formula is C30H40N4O6. The molecule has 0 radical (unpaired) electrons. The van der Waals surface area contributed by atoms with Crippen molar-refractivity contribution in [3.63, 3.8) is 0 Å². The summed E-state index contributed by atoms with van der Waals surface area (Å²) in [6.45, 7) is 6.57. The third-order valence-electron chi connectivity index (χ3n) is 8.62. The predicted molar refractivity (Wildman–Crippen MR) is 152 cm³/mol. The fourth-order valence-electron chi connectivity index (χ4n) is 6.64. The number of ether oxygens (including phenoxy) is 4. The molecule has 40 heavy (non-hydrogen) atoms. The van der Waals surface area contributed by atoms with Gasteiger partial charge in [-0.05, 0) is 36.6 Å². The SMILES string of the molecule is CCN1C(O)N2Cc3cc(OC)cc(OC)c3[C@@H](C)C=C2C12CCN(C(=O)Nc1cc(OC)ccc1OC)CC2. The van der Waals surface area contributed by atoms with Crippen LogP contribution in [0.25, 0.3) is 0 Å². The molecule has 2 atom stereocenters. The van der Waals surface area contributed by atoms with Crippen LogP contribution in [0.2, 0.25) is 0 Å². The van der Waals surface area contributed by atoms with Crippen LogP contribution in [0.15, 0.2) is 42.1 Å². The quantitative estimate of drug-likeness (QED) is 0.551. The molecule has 3 heterocycles. The second kappa shape index (κ2) is 11.1. The van der Waals surface area contributed by atoms with Crippen molar-refractivity contribution in [1.82, 2.24) is 14.7 Å². The smallest absolute Gasteiger partial charge is 0.321 e. The highest BCUT2D eigenvalue weighted by molar-refractivity contribution is 5.91. The first kappa shape index (κ1) is 27.9. The number of allylic oxidation sites excluding steroid dienone is 1. The molecule has 2 N–H and O–H groups in total. The van der Waals surface area contributed by atoms with Crippen LogP contribution in [0.1, 0.15) is 43.7 Å². The number of fused-ring (bicyclic) bond motifs is 3. The number of amides is 2. The number of carbonyl (C=O) groups excluding carboxylic acids is 1. The zero-order valence-corrected chi connectivity index (χ0v) is 24.2. The number of hydrogen-bond acceptors (Lipinski definition) is 8. The summed E-state index contributed by atoms with van der Waals surface area (Å²) in [6.07, 6.45) is 2.91. The molecule has 2 saturated heterocycles. The molecule has 3 aliphatic rings. The molecule has 1 spiro atoms. The van der Waals surface area contributed by atoms with E-state index in [1.807, 2.05) is 17.0 Å². The summed E-state index contributed by atoms with van der Waals surface area (Å²) in [6, 6.07) is 9.09. The predicted octanol–water partition coefficient (Wildman–Crippen LogP) is 4.20. The number of likely N-dealkylation sites (N-methyl/N-ethyl adjacent to an activating group) is 1. The summed E-state index contributed by atoms with van der Waals surface area (Å²) < 4.78 is 22.1. The van der Waals surface area contributed by atoms with Gasteiger partial charge in [0.2, 0.25) is 0 Å². The van der Waals surface area contributed by atoms with Crippen LogP contribution in [0.4, 0.5) is 10.5 Å². The number of piperidine rings is 1. The molecular weight excluding hydrogens is 512 g/mol. The van der Waals surface area contributed by atoms with Gasteiger partial charge in [-0.2, -0.15) is 0 Å². The molecule has 3 aliphatic heterocycles. The zero-order valence-electron chi connectivity index (χ0n) is 24.2. The number of nitrogens with one attached hydrogen (secondary N) is 1. The van der Waals surface area contributed by atoms with Crippen LogP contribution in [-0.2, 0) is 6.54 Å². The van der Waals surface area contributed by atoms with Gasteiger partial charge in [-0.15, -0.1) is 0 Å². The van der Waals surface area contributed by atoms with Crippen LogP contribution in [-0.4, -0.2) is 85.8 Å². The summed E-state index contributed by atoms with van der Waals surface area (Å²) in [4.78, 5) is 19.4. The number of benzene rings is 2. The minimum absolute atomic E-state index is 0.0681. The Balaban J connectivity index is 1.41. The van der Waals surface area contributed by atoms with Gasteiger partial charge in [-0.1, -0.05) is 19.9 Å². The zero-order chi connectivity index (χ0) is 28.6. The fraction of sp³-hybridized carbons (Fsp3) is 0.500. The number of anilines is 1. The summed E-state index contributed by atoms with van der Waals surface area (Å²) in [5.41, 5.74) is 3.48. The molecule has 1 unspecified atom stereocenters. The minimum atomic E-state index is -0.770. The van der Waals surface area contributed by atoms with Crippen molar-refractivity contribution in [3.8, 4) is 23.0 Å². The highest BCUT2D eigenvalue weighted by Crippen LogP contribution is 2.50. The number of aliphatic hydroxyl groups is 1. The Morgan fingerprint density at radius 3 is 2.33 bits per heavy atom. The molecule has 216 valence electrons. The molecule has 0 aromatic heterocycles. The third-order valence-corrected chi connectivity index (χ3v) is 8.62. The number of hydrogen-bond donors (Lipinski definition) is 2. The van der Waals surface area contributed by atoms with Gasteiger partial charge in [-0.3, -0.25) is 0 Å². The summed E-state index contributed by atoms with van der Waals surface area (Å²) >= 11 is 0. The van der Waals surface area contributed by atoms with Crippen LogP contribution >= 0.6 is 0 Å². The second-order valence-corrected chi connectivity index (χ2v) is 10.5. The first-order valence-electron chi connectivity index (χ1n) is 13.8. The van der Waals surface area contributed by atoms with Gasteiger partial charge in [0, 0.05) is 55.5 Å². The molecule has 0 bridgehead atoms. The Hall–Kier alpha value is -3.63. The number of rotatable bonds is 6. The standard InChI is InChI=1S/C30H40N4O6/c1-7-34-29(36)33-18-20-15-22(38-4)17-25(40-6)27(20)19(2)14-26(33)30(34)10-12-32(13-11-30)28(35)31-23-16-21(37-3)8-9-24(23)39-5/h8-9,14-17,19,29,36H,7,10-13,18H2,1-6H3,(H,31,35)/t19-,29?/m0/s1. The Bertz CT molecular complexity index is 1290. The highest BCUT2D eigenvalue weighted by atomic mass is 16.5. The van der Waals surface area contributed by atoms with Crippen LogP contribution in [0.3, 0.4) is 0 Å². The monoisotopic (exact) mass is 552 g/mol. The van der Waals surface area contributed by atoms with E-state index in [1.54, 1.807) is 46.6 Å². The topological polar surface area (TPSA) is 96.0 Å². The maximum absolute atomic E-state index is 13.3. The average Bonchev–Trinajstić information content (AvgIpc) is 3.07. The lowest BCUT2D eigenvalue weighted by Crippen LogP contribution is -2.56. The van der Waals surface area contributed by atoms with Crippen LogP contribution in [0, 0.1) is 0 Å². The van der Waals surface area contributed by atoms with E-state index in [1.165, 1.54) is 0 Å². The molecule has 10 heteroatoms. The van der Waals surface area contributed by atoms with Gasteiger partial charge < -0.3 is 39.2 Å². The minimum Gasteiger partial charge on any atom is -0.497 e. The number of urea groups is 1. The normalized spacial score (nSPS) is 21.7. The van der Waals surface area contributed by atoms with Crippen molar-refractivity contribution >= 4 is 11.7 Å². The molecule has 0 aliphatic carbocycles. The van der Waals surface area contributed by atoms with Gasteiger partial charge >= 0.3 is 6.03 Å². The second-order valence-electron chi connectivity index (χ2n) is 10.5. The molecule has 2 aromatic carbocycles. The number of carbonyl (C=O) groups is 1. The van der Waals surface area contributed by atoms with E-state index in [4.69, 9.17) is 18.9 Å². The van der Waals surface area contributed by atoms with Crippen LogP contribution < -0.4 is 24.3 Å². The summed E-state index contributed by atoms with van der Waals surface area (Å²) in [5.74, 6) is 2.79. The Kier molecular flexibility index (Phi) is 7.74. The Morgan fingerprint density at radius 1 is 1.00 bits per heavy atom. The lowest BCUT2D eigenvalue weighted by molar-refractivity contribution is -0.0848. The first-order valence-corrected chi connectivity index (χ1v) is 13.8. The lowest BCUT2D eigenvalue weighted by atomic mass is 9.82. The maximum Gasteiger partial charge on any atom is 0.321 e. The van der Waals surface area contributed by atoms with E-state index in [2.05, 4.69) is 35.0 Å². The van der Waals surface area contributed by atoms with Crippen molar-refractivity contribution < 1.29 is 28.8 Å². The molecule has 2 aromatic rings. The van der Waals surface area contributed by atoms with E-state index in [0.29, 0.717) is 56.2 Å². The first-order chi connectivity index (χ1) is 19.3. The van der Waals surface area contributed by atoms with Gasteiger partial charge in [0.25, 0.3) is 0 Å². The number of methoxy groups -OCH3 is 4. The van der Waals surface area contributed by atoms with Crippen molar-refractivity contribution in [2.75, 3.05) is 53.4 Å². The summed E-state index contributed by atoms with van der Waals surface area (Å²) in [7, 11) is 6.49. The number of aliphatic hydroxyl groups excluding tert-OH is 1. The highest BCUT2D eigenvalue weighted by Gasteiger charge is 2.55. The van der Waals surface area contributed by atoms with Gasteiger partial charge in [0.05, 0.1) is 39.7 Å². The van der Waals surface area contributed by atoms with Crippen molar-refractivity contribution in [3.05, 3.63) is 53.2 Å². The fourth-order valence-corrected chi connectivity index (χ4v) is 6.64. The van der Waals surface area contributed by atoms with Crippen molar-refractivity contribution in [2.45, 2.75) is 51.0 Å². The van der Waals surface area contributed by atoms with E-state index in [9.17, 15) is 9.90 Å².